The summed E-state index contributed by atoms with van der Waals surface area (Å²) in [7, 11) is 0. The molecule has 12 heteroatoms. The SMILES string of the molecule is [2H]C(Oc1ccc(C#Cc2ccc(C(F)(F)C(O)(c3ccc(F)cc3F)C([2H])([2H])n3cnnn3)nc2)cc1)c1ccc(C#N)cc1. The summed E-state index contributed by atoms with van der Waals surface area (Å²) in [5, 5.41) is 30.0. The highest BCUT2D eigenvalue weighted by molar-refractivity contribution is 5.44. The summed E-state index contributed by atoms with van der Waals surface area (Å²) in [5.74, 6) is -1.45. The van der Waals surface area contributed by atoms with Crippen LogP contribution < -0.4 is 4.74 Å². The first-order chi connectivity index (χ1) is 21.9. The Kier molecular flexibility index (Phi) is 7.08. The van der Waals surface area contributed by atoms with Crippen molar-refractivity contribution in [2.75, 3.05) is 0 Å². The highest BCUT2D eigenvalue weighted by Crippen LogP contribution is 2.46. The molecule has 0 bridgehead atoms. The number of halogens is 4. The molecule has 3 aromatic carbocycles. The Balaban J connectivity index is 1.38. The number of nitriles is 1. The first-order valence-corrected chi connectivity index (χ1v) is 12.3. The minimum atomic E-state index is -4.63. The first kappa shape index (κ1) is 25.1. The van der Waals surface area contributed by atoms with Gasteiger partial charge in [0.15, 0.2) is 5.60 Å². The number of rotatable bonds is 8. The van der Waals surface area contributed by atoms with Gasteiger partial charge >= 0.3 is 5.92 Å². The second-order valence-corrected chi connectivity index (χ2v) is 8.95. The van der Waals surface area contributed by atoms with Crippen molar-refractivity contribution >= 4 is 0 Å². The average Bonchev–Trinajstić information content (AvgIpc) is 3.61. The van der Waals surface area contributed by atoms with Crippen LogP contribution in [0.4, 0.5) is 17.6 Å². The van der Waals surface area contributed by atoms with Gasteiger partial charge < -0.3 is 9.84 Å². The molecule has 0 aliphatic carbocycles. The van der Waals surface area contributed by atoms with E-state index in [9.17, 15) is 13.9 Å². The molecule has 1 N–H and O–H groups in total. The Hall–Kier alpha value is -5.59. The lowest BCUT2D eigenvalue weighted by molar-refractivity contribution is -0.207. The lowest BCUT2D eigenvalue weighted by atomic mass is 9.84. The number of nitrogens with zero attached hydrogens (tertiary/aromatic N) is 6. The Morgan fingerprint density at radius 1 is 0.930 bits per heavy atom. The number of aliphatic hydroxyl groups is 1. The second-order valence-electron chi connectivity index (χ2n) is 8.95. The summed E-state index contributed by atoms with van der Waals surface area (Å²) in [4.78, 5) is 3.69. The molecular weight excluding hydrogens is 564 g/mol. The van der Waals surface area contributed by atoms with Gasteiger partial charge in [0, 0.05) is 29.0 Å². The molecule has 0 aliphatic rings. The second kappa shape index (κ2) is 12.1. The molecule has 0 aliphatic heterocycles. The summed E-state index contributed by atoms with van der Waals surface area (Å²) in [5.41, 5.74) is -4.72. The number of hydrogen-bond acceptors (Lipinski definition) is 7. The maximum absolute atomic E-state index is 16.1. The minimum absolute atomic E-state index is 0.173. The van der Waals surface area contributed by atoms with Gasteiger partial charge in [-0.05, 0) is 76.7 Å². The molecule has 43 heavy (non-hydrogen) atoms. The van der Waals surface area contributed by atoms with Gasteiger partial charge in [-0.25, -0.2) is 13.5 Å². The van der Waals surface area contributed by atoms with Crippen LogP contribution in [0.5, 0.6) is 5.75 Å². The highest BCUT2D eigenvalue weighted by Gasteiger charge is 2.58. The number of benzene rings is 3. The first-order valence-electron chi connectivity index (χ1n) is 13.9. The standard InChI is InChI=1S/C31H20F4N6O2/c32-25-10-13-27(28(33)15-25)30(42,19-41-20-38-39-40-41)31(34,35)29-14-9-23(17-37-29)4-1-21-7-11-26(12-8-21)43-18-24-5-2-22(16-36)3-6-24/h2-3,5-15,17,20,42H,18-19H2/i18D,19D2. The van der Waals surface area contributed by atoms with Gasteiger partial charge in [-0.3, -0.25) is 4.98 Å². The Morgan fingerprint density at radius 2 is 1.63 bits per heavy atom. The average molecular weight is 588 g/mol. The van der Waals surface area contributed by atoms with Crippen molar-refractivity contribution in [1.82, 2.24) is 25.2 Å². The maximum atomic E-state index is 16.1. The van der Waals surface area contributed by atoms with E-state index >= 15 is 8.78 Å². The number of tetrazole rings is 1. The highest BCUT2D eigenvalue weighted by atomic mass is 19.3. The number of aromatic nitrogens is 5. The van der Waals surface area contributed by atoms with Crippen molar-refractivity contribution in [3.63, 3.8) is 0 Å². The summed E-state index contributed by atoms with van der Waals surface area (Å²) in [6.45, 7) is -4.61. The fraction of sp³-hybridized carbons (Fsp3) is 0.129. The zero-order chi connectivity index (χ0) is 33.1. The topological polar surface area (TPSA) is 110 Å². The Labute approximate surface area is 247 Å². The van der Waals surface area contributed by atoms with Crippen LogP contribution >= 0.6 is 0 Å². The normalized spacial score (nSPS) is 14.6. The third kappa shape index (κ3) is 6.35. The molecule has 214 valence electrons. The molecule has 2 aromatic heterocycles. The molecule has 0 spiro atoms. The predicted molar refractivity (Wildman–Crippen MR) is 144 cm³/mol. The summed E-state index contributed by atoms with van der Waals surface area (Å²) >= 11 is 0. The van der Waals surface area contributed by atoms with Crippen LogP contribution in [0.2, 0.25) is 0 Å². The van der Waals surface area contributed by atoms with Gasteiger partial charge in [0.25, 0.3) is 0 Å². The van der Waals surface area contributed by atoms with Crippen LogP contribution in [0.3, 0.4) is 0 Å². The molecular formula is C31H20F4N6O2. The van der Waals surface area contributed by atoms with E-state index < -0.39 is 47.5 Å². The summed E-state index contributed by atoms with van der Waals surface area (Å²) in [6.07, 6.45) is 1.58. The molecule has 0 fully saturated rings. The summed E-state index contributed by atoms with van der Waals surface area (Å²) < 4.78 is 91.5. The number of hydrogen-bond donors (Lipinski definition) is 1. The monoisotopic (exact) mass is 587 g/mol. The van der Waals surface area contributed by atoms with E-state index in [0.717, 1.165) is 18.3 Å². The van der Waals surface area contributed by atoms with E-state index in [2.05, 4.69) is 32.4 Å². The largest absolute Gasteiger partial charge is 0.489 e. The molecule has 2 unspecified atom stereocenters. The van der Waals surface area contributed by atoms with Crippen molar-refractivity contribution in [3.05, 3.63) is 137 Å². The predicted octanol–water partition coefficient (Wildman–Crippen LogP) is 4.88. The zero-order valence-electron chi connectivity index (χ0n) is 24.8. The van der Waals surface area contributed by atoms with E-state index in [1.807, 2.05) is 6.07 Å². The molecule has 0 amide bonds. The Morgan fingerprint density at radius 3 is 2.26 bits per heavy atom. The van der Waals surface area contributed by atoms with Crippen molar-refractivity contribution in [1.29, 1.82) is 5.26 Å². The lowest BCUT2D eigenvalue weighted by Gasteiger charge is -2.35. The fourth-order valence-corrected chi connectivity index (χ4v) is 3.83. The lowest BCUT2D eigenvalue weighted by Crippen LogP contribution is -2.48. The van der Waals surface area contributed by atoms with E-state index in [-0.39, 0.29) is 16.3 Å². The van der Waals surface area contributed by atoms with E-state index in [4.69, 9.17) is 14.1 Å². The molecule has 0 saturated carbocycles. The van der Waals surface area contributed by atoms with E-state index in [1.54, 1.807) is 48.5 Å². The van der Waals surface area contributed by atoms with Crippen molar-refractivity contribution in [3.8, 4) is 23.7 Å². The maximum Gasteiger partial charge on any atom is 0.323 e. The van der Waals surface area contributed by atoms with Gasteiger partial charge in [-0.2, -0.15) is 14.0 Å². The van der Waals surface area contributed by atoms with E-state index in [1.165, 1.54) is 0 Å². The van der Waals surface area contributed by atoms with Crippen LogP contribution in [-0.2, 0) is 24.6 Å². The van der Waals surface area contributed by atoms with Gasteiger partial charge in [0.05, 0.1) is 22.2 Å². The summed E-state index contributed by atoms with van der Waals surface area (Å²) in [6, 6.07) is 18.1. The Bertz CT molecular complexity index is 1940. The molecule has 0 radical (unpaired) electrons. The van der Waals surface area contributed by atoms with Gasteiger partial charge in [-0.1, -0.05) is 24.0 Å². The van der Waals surface area contributed by atoms with Crippen LogP contribution in [0.15, 0.2) is 91.4 Å². The number of alkyl halides is 2. The molecule has 8 nitrogen and oxygen atoms in total. The number of pyridine rings is 1. The third-order valence-electron chi connectivity index (χ3n) is 6.06. The molecule has 0 saturated heterocycles. The molecule has 2 heterocycles. The third-order valence-corrected chi connectivity index (χ3v) is 6.06. The zero-order valence-corrected chi connectivity index (χ0v) is 21.8. The van der Waals surface area contributed by atoms with Crippen LogP contribution in [-0.4, -0.2) is 30.3 Å². The van der Waals surface area contributed by atoms with Crippen molar-refractivity contribution in [2.45, 2.75) is 24.6 Å². The van der Waals surface area contributed by atoms with Gasteiger partial charge in [0.1, 0.15) is 36.0 Å². The quantitative estimate of drug-likeness (QED) is 0.204. The van der Waals surface area contributed by atoms with Crippen molar-refractivity contribution in [2.24, 2.45) is 0 Å². The smallest absolute Gasteiger partial charge is 0.323 e. The van der Waals surface area contributed by atoms with Crippen molar-refractivity contribution < 1.29 is 31.5 Å². The molecule has 5 aromatic rings. The van der Waals surface area contributed by atoms with Gasteiger partial charge in [0.2, 0.25) is 0 Å². The van der Waals surface area contributed by atoms with Crippen LogP contribution in [0.25, 0.3) is 0 Å². The molecule has 5 rings (SSSR count). The van der Waals surface area contributed by atoms with Gasteiger partial charge in [-0.15, -0.1) is 5.10 Å². The fourth-order valence-electron chi connectivity index (χ4n) is 3.83. The number of ether oxygens (including phenoxy) is 1. The van der Waals surface area contributed by atoms with Crippen LogP contribution in [0, 0.1) is 34.8 Å². The van der Waals surface area contributed by atoms with E-state index in [0.29, 0.717) is 40.9 Å². The van der Waals surface area contributed by atoms with Crippen LogP contribution in [0.1, 0.15) is 37.6 Å². The minimum Gasteiger partial charge on any atom is -0.489 e. The molecule has 2 atom stereocenters.